The predicted octanol–water partition coefficient (Wildman–Crippen LogP) is 3.22. The predicted molar refractivity (Wildman–Crippen MR) is 109 cm³/mol. The van der Waals surface area contributed by atoms with Crippen LogP contribution in [0.4, 0.5) is 5.69 Å². The number of nitrogens with one attached hydrogen (secondary N) is 1. The fourth-order valence-electron chi connectivity index (χ4n) is 4.04. The van der Waals surface area contributed by atoms with Crippen LogP contribution in [0.25, 0.3) is 0 Å². The summed E-state index contributed by atoms with van der Waals surface area (Å²) in [5, 5.41) is 3.63. The minimum absolute atomic E-state index is 0.133. The summed E-state index contributed by atoms with van der Waals surface area (Å²) in [5.74, 6) is 2.61. The topological polar surface area (TPSA) is 40.1 Å². The second-order valence-electron chi connectivity index (χ2n) is 8.73. The number of anilines is 1. The molecule has 0 radical (unpaired) electrons. The molecule has 144 valence electrons. The smallest absolute Gasteiger partial charge is 0.194 e. The number of hydrogen-bond acceptors (Lipinski definition) is 3. The zero-order chi connectivity index (χ0) is 18.9. The average Bonchev–Trinajstić information content (AvgIpc) is 3.10. The van der Waals surface area contributed by atoms with Gasteiger partial charge in [-0.3, -0.25) is 4.99 Å². The van der Waals surface area contributed by atoms with E-state index in [0.717, 1.165) is 37.9 Å². The molecule has 5 heteroatoms. The van der Waals surface area contributed by atoms with Crippen LogP contribution in [-0.2, 0) is 0 Å². The molecule has 5 nitrogen and oxygen atoms in total. The fourth-order valence-corrected chi connectivity index (χ4v) is 4.04. The van der Waals surface area contributed by atoms with Gasteiger partial charge < -0.3 is 19.9 Å². The van der Waals surface area contributed by atoms with Crippen LogP contribution in [0.3, 0.4) is 0 Å². The number of methoxy groups -OCH3 is 1. The van der Waals surface area contributed by atoms with E-state index >= 15 is 0 Å². The van der Waals surface area contributed by atoms with Gasteiger partial charge in [-0.25, -0.2) is 0 Å². The first-order valence-electron chi connectivity index (χ1n) is 9.66. The second kappa shape index (κ2) is 7.01. The number of para-hydroxylation sites is 2. The first-order chi connectivity index (χ1) is 12.3. The molecule has 26 heavy (non-hydrogen) atoms. The minimum atomic E-state index is 0.133. The molecule has 0 saturated carbocycles. The van der Waals surface area contributed by atoms with Crippen molar-refractivity contribution in [1.82, 2.24) is 10.2 Å². The lowest BCUT2D eigenvalue weighted by Crippen LogP contribution is -2.72. The molecule has 3 rings (SSSR count). The van der Waals surface area contributed by atoms with Crippen molar-refractivity contribution in [2.24, 2.45) is 16.3 Å². The normalized spacial score (nSPS) is 24.4. The number of likely N-dealkylation sites (tertiary alicyclic amines) is 1. The van der Waals surface area contributed by atoms with Crippen molar-refractivity contribution in [3.63, 3.8) is 0 Å². The highest BCUT2D eigenvalue weighted by Crippen LogP contribution is 2.46. The summed E-state index contributed by atoms with van der Waals surface area (Å²) in [6, 6.07) is 8.30. The van der Waals surface area contributed by atoms with E-state index in [2.05, 4.69) is 59.9 Å². The van der Waals surface area contributed by atoms with E-state index in [1.807, 2.05) is 19.2 Å². The van der Waals surface area contributed by atoms with Gasteiger partial charge in [-0.05, 0) is 38.3 Å². The van der Waals surface area contributed by atoms with E-state index in [4.69, 9.17) is 4.74 Å². The molecule has 0 bridgehead atoms. The van der Waals surface area contributed by atoms with Crippen molar-refractivity contribution in [3.05, 3.63) is 24.3 Å². The maximum atomic E-state index is 5.52. The Hall–Kier alpha value is -1.91. The monoisotopic (exact) mass is 358 g/mol. The Morgan fingerprint density at radius 1 is 1.27 bits per heavy atom. The summed E-state index contributed by atoms with van der Waals surface area (Å²) >= 11 is 0. The van der Waals surface area contributed by atoms with Gasteiger partial charge in [0, 0.05) is 44.2 Å². The highest BCUT2D eigenvalue weighted by atomic mass is 16.5. The van der Waals surface area contributed by atoms with Crippen LogP contribution >= 0.6 is 0 Å². The number of rotatable bonds is 4. The van der Waals surface area contributed by atoms with Gasteiger partial charge in [0.25, 0.3) is 0 Å². The molecule has 0 aliphatic carbocycles. The van der Waals surface area contributed by atoms with Gasteiger partial charge >= 0.3 is 0 Å². The third-order valence-corrected chi connectivity index (χ3v) is 6.61. The molecule has 2 aliphatic heterocycles. The van der Waals surface area contributed by atoms with Crippen molar-refractivity contribution in [1.29, 1.82) is 0 Å². The van der Waals surface area contributed by atoms with Gasteiger partial charge in [-0.15, -0.1) is 0 Å². The van der Waals surface area contributed by atoms with Gasteiger partial charge in [0.1, 0.15) is 5.75 Å². The Labute approximate surface area is 158 Å². The van der Waals surface area contributed by atoms with Crippen LogP contribution in [0.2, 0.25) is 0 Å². The summed E-state index contributed by atoms with van der Waals surface area (Å²) in [5.41, 5.74) is 1.65. The SMILES string of the molecule is CN=C(NCC1CCN(c2ccccc2OC)C1)N1CC(C)(C)C1(C)C. The summed E-state index contributed by atoms with van der Waals surface area (Å²) < 4.78 is 5.52. The lowest BCUT2D eigenvalue weighted by molar-refractivity contribution is -0.0668. The molecule has 2 aliphatic rings. The van der Waals surface area contributed by atoms with Crippen LogP contribution in [-0.4, -0.2) is 56.7 Å². The van der Waals surface area contributed by atoms with Gasteiger partial charge in [0.15, 0.2) is 5.96 Å². The zero-order valence-corrected chi connectivity index (χ0v) is 17.2. The number of nitrogens with zero attached hydrogens (tertiary/aromatic N) is 3. The fraction of sp³-hybridized carbons (Fsp3) is 0.667. The molecule has 1 unspecified atom stereocenters. The first-order valence-corrected chi connectivity index (χ1v) is 9.66. The number of guanidine groups is 1. The molecule has 2 heterocycles. The van der Waals surface area contributed by atoms with Crippen LogP contribution in [0, 0.1) is 11.3 Å². The van der Waals surface area contributed by atoms with E-state index in [1.165, 1.54) is 12.1 Å². The second-order valence-corrected chi connectivity index (χ2v) is 8.73. The molecule has 2 fully saturated rings. The number of aliphatic imine (C=N–C) groups is 1. The van der Waals surface area contributed by atoms with E-state index in [1.54, 1.807) is 7.11 Å². The van der Waals surface area contributed by atoms with Crippen molar-refractivity contribution in [3.8, 4) is 5.75 Å². The Morgan fingerprint density at radius 3 is 2.62 bits per heavy atom. The third-order valence-electron chi connectivity index (χ3n) is 6.61. The van der Waals surface area contributed by atoms with Gasteiger partial charge in [-0.2, -0.15) is 0 Å². The molecule has 1 aromatic rings. The summed E-state index contributed by atoms with van der Waals surface area (Å²) in [4.78, 5) is 9.37. The maximum absolute atomic E-state index is 5.52. The van der Waals surface area contributed by atoms with Crippen LogP contribution < -0.4 is 15.0 Å². The molecule has 0 amide bonds. The lowest BCUT2D eigenvalue weighted by Gasteiger charge is -2.62. The van der Waals surface area contributed by atoms with Crippen LogP contribution in [0.1, 0.15) is 34.1 Å². The van der Waals surface area contributed by atoms with E-state index < -0.39 is 0 Å². The van der Waals surface area contributed by atoms with Crippen molar-refractivity contribution in [2.75, 3.05) is 45.2 Å². The standard InChI is InChI=1S/C21H34N4O/c1-20(2)15-25(21(20,3)4)19(22-5)23-13-16-11-12-24(14-16)17-9-7-8-10-18(17)26-6/h7-10,16H,11-15H2,1-6H3,(H,22,23). The Kier molecular flexibility index (Phi) is 5.09. The molecule has 1 atom stereocenters. The van der Waals surface area contributed by atoms with E-state index in [-0.39, 0.29) is 5.54 Å². The summed E-state index contributed by atoms with van der Waals surface area (Å²) in [7, 11) is 3.63. The highest BCUT2D eigenvalue weighted by Gasteiger charge is 2.53. The Balaban J connectivity index is 1.56. The van der Waals surface area contributed by atoms with Crippen molar-refractivity contribution < 1.29 is 4.74 Å². The molecule has 1 N–H and O–H groups in total. The first kappa shape index (κ1) is 18.9. The lowest BCUT2D eigenvalue weighted by atomic mass is 9.65. The molecular formula is C21H34N4O. The van der Waals surface area contributed by atoms with Crippen molar-refractivity contribution in [2.45, 2.75) is 39.7 Å². The molecule has 0 aromatic heterocycles. The molecule has 1 aromatic carbocycles. The van der Waals surface area contributed by atoms with Crippen LogP contribution in [0.5, 0.6) is 5.75 Å². The molecule has 0 spiro atoms. The number of ether oxygens (including phenoxy) is 1. The number of hydrogen-bond donors (Lipinski definition) is 1. The summed E-state index contributed by atoms with van der Waals surface area (Å²) in [6.45, 7) is 13.4. The van der Waals surface area contributed by atoms with E-state index in [0.29, 0.717) is 11.3 Å². The van der Waals surface area contributed by atoms with Gasteiger partial charge in [0.05, 0.1) is 12.8 Å². The Bertz CT molecular complexity index is 668. The highest BCUT2D eigenvalue weighted by molar-refractivity contribution is 5.82. The molecule has 2 saturated heterocycles. The van der Waals surface area contributed by atoms with Gasteiger partial charge in [-0.1, -0.05) is 26.0 Å². The quantitative estimate of drug-likeness (QED) is 0.663. The van der Waals surface area contributed by atoms with Crippen molar-refractivity contribution >= 4 is 11.6 Å². The largest absolute Gasteiger partial charge is 0.495 e. The zero-order valence-electron chi connectivity index (χ0n) is 17.2. The van der Waals surface area contributed by atoms with Crippen LogP contribution in [0.15, 0.2) is 29.3 Å². The minimum Gasteiger partial charge on any atom is -0.495 e. The number of benzene rings is 1. The van der Waals surface area contributed by atoms with E-state index in [9.17, 15) is 0 Å². The average molecular weight is 359 g/mol. The van der Waals surface area contributed by atoms with Gasteiger partial charge in [0.2, 0.25) is 0 Å². The maximum Gasteiger partial charge on any atom is 0.194 e. The molecular weight excluding hydrogens is 324 g/mol. The summed E-state index contributed by atoms with van der Waals surface area (Å²) in [6.07, 6.45) is 1.19. The third kappa shape index (κ3) is 3.24. The Morgan fingerprint density at radius 2 is 2.00 bits per heavy atom.